The molecule has 0 bridgehead atoms. The summed E-state index contributed by atoms with van der Waals surface area (Å²) in [4.78, 5) is 24.8. The highest BCUT2D eigenvalue weighted by Crippen LogP contribution is 2.19. The van der Waals surface area contributed by atoms with Crippen molar-refractivity contribution in [2.75, 3.05) is 6.54 Å². The first-order valence-corrected chi connectivity index (χ1v) is 6.41. The number of hydrogen-bond acceptors (Lipinski definition) is 2. The Morgan fingerprint density at radius 1 is 1.28 bits per heavy atom. The molecule has 0 atom stereocenters. The van der Waals surface area contributed by atoms with Crippen molar-refractivity contribution in [2.24, 2.45) is 0 Å². The van der Waals surface area contributed by atoms with Crippen LogP contribution in [0.5, 0.6) is 0 Å². The van der Waals surface area contributed by atoms with Crippen LogP contribution in [0.2, 0.25) is 0 Å². The molecular formula is C13H16BrNO3. The summed E-state index contributed by atoms with van der Waals surface area (Å²) >= 11 is 3.29. The van der Waals surface area contributed by atoms with Crippen LogP contribution in [0.1, 0.15) is 31.1 Å². The Morgan fingerprint density at radius 3 is 2.17 bits per heavy atom. The van der Waals surface area contributed by atoms with Gasteiger partial charge in [0.2, 0.25) is 0 Å². The summed E-state index contributed by atoms with van der Waals surface area (Å²) in [5.74, 6) is -1.30. The normalized spacial score (nSPS) is 11.1. The average molecular weight is 314 g/mol. The minimum absolute atomic E-state index is 0.280. The second kappa shape index (κ2) is 5.52. The van der Waals surface area contributed by atoms with Crippen molar-refractivity contribution in [1.29, 1.82) is 0 Å². The fraction of sp³-hybridized carbons (Fsp3) is 0.385. The molecule has 0 aliphatic rings. The largest absolute Gasteiger partial charge is 0.480 e. The smallest absolute Gasteiger partial charge is 0.329 e. The van der Waals surface area contributed by atoms with Crippen LogP contribution in [-0.4, -0.2) is 34.0 Å². The van der Waals surface area contributed by atoms with Crippen LogP contribution in [0.15, 0.2) is 28.7 Å². The lowest BCUT2D eigenvalue weighted by molar-refractivity contribution is -0.147. The number of nitrogens with zero attached hydrogens (tertiary/aromatic N) is 1. The van der Waals surface area contributed by atoms with Crippen molar-refractivity contribution >= 4 is 27.8 Å². The Hall–Kier alpha value is -1.36. The molecular weight excluding hydrogens is 298 g/mol. The van der Waals surface area contributed by atoms with Crippen LogP contribution in [0, 0.1) is 0 Å². The lowest BCUT2D eigenvalue weighted by atomic mass is 10.0. The SMILES string of the molecule is CCN(C(=O)c1ccc(Br)cc1)C(C)(C)C(=O)O. The van der Waals surface area contributed by atoms with E-state index in [0.29, 0.717) is 12.1 Å². The number of carboxylic acids is 1. The third kappa shape index (κ3) is 2.90. The summed E-state index contributed by atoms with van der Waals surface area (Å²) in [5.41, 5.74) is -0.742. The zero-order valence-corrected chi connectivity index (χ0v) is 12.2. The second-order valence-corrected chi connectivity index (χ2v) is 5.34. The standard InChI is InChI=1S/C13H16BrNO3/c1-4-15(13(2,3)12(17)18)11(16)9-5-7-10(14)8-6-9/h5-8H,4H2,1-3H3,(H,17,18). The molecule has 0 saturated carbocycles. The molecule has 18 heavy (non-hydrogen) atoms. The van der Waals surface area contributed by atoms with Crippen LogP contribution >= 0.6 is 15.9 Å². The lowest BCUT2D eigenvalue weighted by Crippen LogP contribution is -2.52. The number of amides is 1. The van der Waals surface area contributed by atoms with Gasteiger partial charge in [0, 0.05) is 16.6 Å². The van der Waals surface area contributed by atoms with E-state index < -0.39 is 11.5 Å². The fourth-order valence-corrected chi connectivity index (χ4v) is 1.92. The highest BCUT2D eigenvalue weighted by molar-refractivity contribution is 9.10. The van der Waals surface area contributed by atoms with Crippen molar-refractivity contribution in [3.05, 3.63) is 34.3 Å². The predicted molar refractivity (Wildman–Crippen MR) is 72.6 cm³/mol. The zero-order chi connectivity index (χ0) is 13.9. The van der Waals surface area contributed by atoms with Crippen molar-refractivity contribution in [1.82, 2.24) is 4.90 Å². The third-order valence-corrected chi connectivity index (χ3v) is 3.38. The number of carbonyl (C=O) groups excluding carboxylic acids is 1. The van der Waals surface area contributed by atoms with Crippen molar-refractivity contribution < 1.29 is 14.7 Å². The average Bonchev–Trinajstić information content (AvgIpc) is 2.30. The Balaban J connectivity index is 3.07. The number of likely N-dealkylation sites (N-methyl/N-ethyl adjacent to an activating group) is 1. The Labute approximate surface area is 115 Å². The van der Waals surface area contributed by atoms with Crippen molar-refractivity contribution in [2.45, 2.75) is 26.3 Å². The quantitative estimate of drug-likeness (QED) is 0.930. The molecule has 0 saturated heterocycles. The molecule has 0 unspecified atom stereocenters. The first-order valence-electron chi connectivity index (χ1n) is 5.61. The van der Waals surface area contributed by atoms with E-state index in [-0.39, 0.29) is 5.91 Å². The van der Waals surface area contributed by atoms with Crippen LogP contribution in [-0.2, 0) is 4.79 Å². The number of carbonyl (C=O) groups is 2. The molecule has 98 valence electrons. The maximum Gasteiger partial charge on any atom is 0.329 e. The maximum atomic E-state index is 12.3. The number of rotatable bonds is 4. The topological polar surface area (TPSA) is 57.6 Å². The fourth-order valence-electron chi connectivity index (χ4n) is 1.66. The molecule has 1 amide bonds. The molecule has 1 aromatic rings. The highest BCUT2D eigenvalue weighted by Gasteiger charge is 2.37. The molecule has 5 heteroatoms. The molecule has 0 fully saturated rings. The molecule has 0 aliphatic carbocycles. The van der Waals surface area contributed by atoms with Gasteiger partial charge in [0.15, 0.2) is 0 Å². The van der Waals surface area contributed by atoms with E-state index in [2.05, 4.69) is 15.9 Å². The van der Waals surface area contributed by atoms with Gasteiger partial charge in [-0.2, -0.15) is 0 Å². The Kier molecular flexibility index (Phi) is 4.51. The van der Waals surface area contributed by atoms with E-state index in [1.807, 2.05) is 0 Å². The summed E-state index contributed by atoms with van der Waals surface area (Å²) in [5, 5.41) is 9.18. The Morgan fingerprint density at radius 2 is 1.78 bits per heavy atom. The molecule has 0 heterocycles. The minimum Gasteiger partial charge on any atom is -0.480 e. The summed E-state index contributed by atoms with van der Waals surface area (Å²) in [6.45, 7) is 5.15. The molecule has 1 aromatic carbocycles. The molecule has 4 nitrogen and oxygen atoms in total. The van der Waals surface area contributed by atoms with Gasteiger partial charge in [0.25, 0.3) is 5.91 Å². The maximum absolute atomic E-state index is 12.3. The third-order valence-electron chi connectivity index (χ3n) is 2.85. The molecule has 0 aromatic heterocycles. The number of carboxylic acid groups (broad SMARTS) is 1. The number of benzene rings is 1. The predicted octanol–water partition coefficient (Wildman–Crippen LogP) is 2.77. The first kappa shape index (κ1) is 14.7. The van der Waals surface area contributed by atoms with E-state index in [0.717, 1.165) is 4.47 Å². The summed E-state index contributed by atoms with van der Waals surface area (Å²) < 4.78 is 0.875. The monoisotopic (exact) mass is 313 g/mol. The van der Waals surface area contributed by atoms with Crippen LogP contribution in [0.4, 0.5) is 0 Å². The van der Waals surface area contributed by atoms with Gasteiger partial charge in [-0.05, 0) is 45.0 Å². The van der Waals surface area contributed by atoms with E-state index in [4.69, 9.17) is 0 Å². The van der Waals surface area contributed by atoms with Crippen LogP contribution < -0.4 is 0 Å². The van der Waals surface area contributed by atoms with E-state index in [9.17, 15) is 14.7 Å². The van der Waals surface area contributed by atoms with Crippen LogP contribution in [0.25, 0.3) is 0 Å². The molecule has 1 N–H and O–H groups in total. The highest BCUT2D eigenvalue weighted by atomic mass is 79.9. The summed E-state index contributed by atoms with van der Waals surface area (Å²) in [7, 11) is 0. The molecule has 0 aliphatic heterocycles. The van der Waals surface area contributed by atoms with Crippen LogP contribution in [0.3, 0.4) is 0 Å². The van der Waals surface area contributed by atoms with E-state index in [1.54, 1.807) is 31.2 Å². The lowest BCUT2D eigenvalue weighted by Gasteiger charge is -2.34. The molecule has 0 radical (unpaired) electrons. The van der Waals surface area contributed by atoms with E-state index in [1.165, 1.54) is 18.7 Å². The number of halogens is 1. The van der Waals surface area contributed by atoms with Crippen molar-refractivity contribution in [3.8, 4) is 0 Å². The second-order valence-electron chi connectivity index (χ2n) is 4.42. The van der Waals surface area contributed by atoms with Gasteiger partial charge in [0.1, 0.15) is 5.54 Å². The molecule has 0 spiro atoms. The van der Waals surface area contributed by atoms with Gasteiger partial charge < -0.3 is 10.0 Å². The van der Waals surface area contributed by atoms with Gasteiger partial charge in [-0.15, -0.1) is 0 Å². The summed E-state index contributed by atoms with van der Waals surface area (Å²) in [6, 6.07) is 6.86. The first-order chi connectivity index (χ1) is 8.30. The van der Waals surface area contributed by atoms with Gasteiger partial charge in [-0.25, -0.2) is 4.79 Å². The Bertz CT molecular complexity index is 454. The van der Waals surface area contributed by atoms with E-state index >= 15 is 0 Å². The molecule has 1 rings (SSSR count). The van der Waals surface area contributed by atoms with Gasteiger partial charge in [-0.3, -0.25) is 4.79 Å². The van der Waals surface area contributed by atoms with Crippen molar-refractivity contribution in [3.63, 3.8) is 0 Å². The zero-order valence-electron chi connectivity index (χ0n) is 10.6. The number of hydrogen-bond donors (Lipinski definition) is 1. The number of aliphatic carboxylic acids is 1. The summed E-state index contributed by atoms with van der Waals surface area (Å²) in [6.07, 6.45) is 0. The van der Waals surface area contributed by atoms with Gasteiger partial charge in [-0.1, -0.05) is 15.9 Å². The minimum atomic E-state index is -1.22. The van der Waals surface area contributed by atoms with Gasteiger partial charge >= 0.3 is 5.97 Å². The van der Waals surface area contributed by atoms with Gasteiger partial charge in [0.05, 0.1) is 0 Å².